The number of anilines is 1. The highest BCUT2D eigenvalue weighted by Crippen LogP contribution is 2.27. The van der Waals surface area contributed by atoms with E-state index in [4.69, 9.17) is 0 Å². The van der Waals surface area contributed by atoms with E-state index in [2.05, 4.69) is 25.9 Å². The molecule has 1 amide bonds. The Balaban J connectivity index is 1.85. The number of aromatic nitrogens is 4. The van der Waals surface area contributed by atoms with Crippen LogP contribution in [-0.2, 0) is 11.0 Å². The van der Waals surface area contributed by atoms with Gasteiger partial charge in [0.05, 0.1) is 0 Å². The maximum absolute atomic E-state index is 12.8. The highest BCUT2D eigenvalue weighted by molar-refractivity contribution is 5.76. The summed E-state index contributed by atoms with van der Waals surface area (Å²) in [6, 6.07) is 2.86. The van der Waals surface area contributed by atoms with E-state index in [0.29, 0.717) is 23.9 Å². The van der Waals surface area contributed by atoms with Crippen molar-refractivity contribution >= 4 is 17.4 Å². The predicted molar refractivity (Wildman–Crippen MR) is 65.4 cm³/mol. The van der Waals surface area contributed by atoms with Crippen LogP contribution in [0.5, 0.6) is 0 Å². The zero-order chi connectivity index (χ0) is 15.0. The van der Waals surface area contributed by atoms with Crippen molar-refractivity contribution in [3.8, 4) is 0 Å². The number of alkyl halides is 3. The maximum atomic E-state index is 12.8. The minimum Gasteiger partial charge on any atom is -0.364 e. The second kappa shape index (κ2) is 4.86. The summed E-state index contributed by atoms with van der Waals surface area (Å²) >= 11 is 0. The van der Waals surface area contributed by atoms with Crippen LogP contribution in [0.3, 0.4) is 0 Å². The number of nitrogens with zero attached hydrogens (tertiary/aromatic N) is 4. The predicted octanol–water partition coefficient (Wildman–Crippen LogP) is 0.834. The Morgan fingerprint density at radius 1 is 1.33 bits per heavy atom. The molecular weight excluding hydrogens is 289 g/mol. The molecule has 1 fully saturated rings. The molecule has 3 rings (SSSR count). The van der Waals surface area contributed by atoms with E-state index in [1.807, 2.05) is 0 Å². The zero-order valence-electron chi connectivity index (χ0n) is 10.7. The lowest BCUT2D eigenvalue weighted by Gasteiger charge is -2.23. The molecule has 1 aliphatic rings. The van der Waals surface area contributed by atoms with Crippen molar-refractivity contribution in [3.63, 3.8) is 0 Å². The quantitative estimate of drug-likeness (QED) is 0.858. The van der Waals surface area contributed by atoms with E-state index in [1.54, 1.807) is 0 Å². The Labute approximate surface area is 116 Å². The lowest BCUT2D eigenvalue weighted by molar-refractivity contribution is -0.146. The number of halogens is 3. The average Bonchev–Trinajstić information content (AvgIpc) is 2.84. The molecule has 1 unspecified atom stereocenters. The molecular formula is C11H11F3N6O. The average molecular weight is 300 g/mol. The van der Waals surface area contributed by atoms with Crippen molar-refractivity contribution in [3.05, 3.63) is 18.0 Å². The van der Waals surface area contributed by atoms with Crippen LogP contribution in [0.2, 0.25) is 0 Å². The van der Waals surface area contributed by atoms with E-state index in [1.165, 1.54) is 12.1 Å². The fraction of sp³-hybridized carbons (Fsp3) is 0.455. The Bertz CT molecular complexity index is 672. The number of amides is 1. The first kappa shape index (κ1) is 13.6. The number of fused-ring (bicyclic) bond motifs is 1. The van der Waals surface area contributed by atoms with Crippen LogP contribution in [0.25, 0.3) is 5.65 Å². The van der Waals surface area contributed by atoms with Crippen LogP contribution in [-0.4, -0.2) is 38.3 Å². The van der Waals surface area contributed by atoms with Gasteiger partial charge in [-0.15, -0.1) is 15.3 Å². The van der Waals surface area contributed by atoms with E-state index in [0.717, 1.165) is 0 Å². The number of rotatable bonds is 2. The van der Waals surface area contributed by atoms with Crippen molar-refractivity contribution < 1.29 is 18.0 Å². The SMILES string of the molecule is O=C1CCC(Nc2ccc3nnc(C(F)(F)F)n3n2)CN1. The van der Waals surface area contributed by atoms with Gasteiger partial charge in [0.1, 0.15) is 5.82 Å². The van der Waals surface area contributed by atoms with Crippen molar-refractivity contribution in [2.45, 2.75) is 25.1 Å². The molecule has 2 aromatic rings. The maximum Gasteiger partial charge on any atom is 0.453 e. The van der Waals surface area contributed by atoms with E-state index in [9.17, 15) is 18.0 Å². The van der Waals surface area contributed by atoms with Crippen LogP contribution >= 0.6 is 0 Å². The summed E-state index contributed by atoms with van der Waals surface area (Å²) in [4.78, 5) is 11.1. The molecule has 0 bridgehead atoms. The van der Waals surface area contributed by atoms with E-state index < -0.39 is 12.0 Å². The normalized spacial score (nSPS) is 19.6. The van der Waals surface area contributed by atoms with Gasteiger partial charge in [0.15, 0.2) is 5.65 Å². The second-order valence-electron chi connectivity index (χ2n) is 4.69. The summed E-state index contributed by atoms with van der Waals surface area (Å²) in [6.07, 6.45) is -3.65. The van der Waals surface area contributed by atoms with Gasteiger partial charge in [-0.1, -0.05) is 0 Å². The molecule has 7 nitrogen and oxygen atoms in total. The summed E-state index contributed by atoms with van der Waals surface area (Å²) in [6.45, 7) is 0.410. The van der Waals surface area contributed by atoms with Crippen molar-refractivity contribution in [2.24, 2.45) is 0 Å². The molecule has 0 spiro atoms. The molecule has 10 heteroatoms. The third-order valence-electron chi connectivity index (χ3n) is 3.13. The molecule has 1 saturated heterocycles. The zero-order valence-corrected chi connectivity index (χ0v) is 10.7. The van der Waals surface area contributed by atoms with Crippen molar-refractivity contribution in [1.29, 1.82) is 0 Å². The van der Waals surface area contributed by atoms with E-state index in [-0.39, 0.29) is 23.4 Å². The monoisotopic (exact) mass is 300 g/mol. The molecule has 1 atom stereocenters. The van der Waals surface area contributed by atoms with Gasteiger partial charge in [-0.3, -0.25) is 4.79 Å². The third kappa shape index (κ3) is 2.73. The number of piperidine rings is 1. The second-order valence-corrected chi connectivity index (χ2v) is 4.69. The Morgan fingerprint density at radius 2 is 2.14 bits per heavy atom. The largest absolute Gasteiger partial charge is 0.453 e. The fourth-order valence-electron chi connectivity index (χ4n) is 2.11. The van der Waals surface area contributed by atoms with Crippen molar-refractivity contribution in [2.75, 3.05) is 11.9 Å². The van der Waals surface area contributed by atoms with Crippen LogP contribution in [0.1, 0.15) is 18.7 Å². The summed E-state index contributed by atoms with van der Waals surface area (Å²) in [5.74, 6) is -0.929. The number of carbonyl (C=O) groups is 1. The number of hydrogen-bond acceptors (Lipinski definition) is 5. The van der Waals surface area contributed by atoms with Gasteiger partial charge in [0.2, 0.25) is 5.91 Å². The standard InChI is InChI=1S/C11H11F3N6O/c12-11(13,14)10-18-17-8-3-2-7(19-20(8)10)16-6-1-4-9(21)15-5-6/h2-3,6H,1,4-5H2,(H,15,21)(H,16,19). The van der Waals surface area contributed by atoms with Gasteiger partial charge in [-0.2, -0.15) is 17.7 Å². The first-order chi connectivity index (χ1) is 9.93. The molecule has 21 heavy (non-hydrogen) atoms. The van der Waals surface area contributed by atoms with Gasteiger partial charge in [-0.05, 0) is 18.6 Å². The van der Waals surface area contributed by atoms with Crippen LogP contribution in [0, 0.1) is 0 Å². The van der Waals surface area contributed by atoms with E-state index >= 15 is 0 Å². The molecule has 2 aromatic heterocycles. The van der Waals surface area contributed by atoms with Crippen molar-refractivity contribution in [1.82, 2.24) is 25.1 Å². The number of hydrogen-bond donors (Lipinski definition) is 2. The lowest BCUT2D eigenvalue weighted by Crippen LogP contribution is -2.42. The van der Waals surface area contributed by atoms with Crippen LogP contribution < -0.4 is 10.6 Å². The summed E-state index contributed by atoms with van der Waals surface area (Å²) in [5, 5.41) is 16.1. The summed E-state index contributed by atoms with van der Waals surface area (Å²) < 4.78 is 38.9. The summed E-state index contributed by atoms with van der Waals surface area (Å²) in [5.41, 5.74) is 0.0184. The van der Waals surface area contributed by atoms with Gasteiger partial charge in [0, 0.05) is 19.0 Å². The molecule has 0 aromatic carbocycles. The van der Waals surface area contributed by atoms with Crippen LogP contribution in [0.4, 0.5) is 19.0 Å². The minimum absolute atomic E-state index is 0.0184. The molecule has 3 heterocycles. The molecule has 0 aliphatic carbocycles. The van der Waals surface area contributed by atoms with Gasteiger partial charge in [-0.25, -0.2) is 0 Å². The molecule has 0 radical (unpaired) electrons. The fourth-order valence-corrected chi connectivity index (χ4v) is 2.11. The first-order valence-corrected chi connectivity index (χ1v) is 6.26. The van der Waals surface area contributed by atoms with Gasteiger partial charge in [0.25, 0.3) is 5.82 Å². The Kier molecular flexibility index (Phi) is 3.15. The molecule has 0 saturated carbocycles. The highest BCUT2D eigenvalue weighted by Gasteiger charge is 2.37. The highest BCUT2D eigenvalue weighted by atomic mass is 19.4. The Morgan fingerprint density at radius 3 is 2.81 bits per heavy atom. The topological polar surface area (TPSA) is 84.2 Å². The smallest absolute Gasteiger partial charge is 0.364 e. The molecule has 1 aliphatic heterocycles. The number of carbonyl (C=O) groups excluding carboxylic acids is 1. The van der Waals surface area contributed by atoms with Gasteiger partial charge >= 0.3 is 6.18 Å². The Hall–Kier alpha value is -2.39. The first-order valence-electron chi connectivity index (χ1n) is 6.26. The summed E-state index contributed by atoms with van der Waals surface area (Å²) in [7, 11) is 0. The third-order valence-corrected chi connectivity index (χ3v) is 3.13. The minimum atomic E-state index is -4.62. The lowest BCUT2D eigenvalue weighted by atomic mass is 10.1. The molecule has 112 valence electrons. The van der Waals surface area contributed by atoms with Gasteiger partial charge < -0.3 is 10.6 Å². The molecule has 2 N–H and O–H groups in total. The number of nitrogens with one attached hydrogen (secondary N) is 2. The van der Waals surface area contributed by atoms with Crippen LogP contribution in [0.15, 0.2) is 12.1 Å².